The number of nitrogens with one attached hydrogen (secondary N) is 1. The van der Waals surface area contributed by atoms with Crippen LogP contribution in [0, 0.1) is 0 Å². The van der Waals surface area contributed by atoms with Gasteiger partial charge in [-0.2, -0.15) is 0 Å². The Morgan fingerprint density at radius 2 is 1.95 bits per heavy atom. The molecule has 5 nitrogen and oxygen atoms in total. The molecule has 3 N–H and O–H groups in total. The molecule has 110 valence electrons. The lowest BCUT2D eigenvalue weighted by atomic mass is 10.2. The number of aliphatic carboxylic acids is 1. The van der Waals surface area contributed by atoms with Crippen LogP contribution in [0.4, 0.5) is 0 Å². The van der Waals surface area contributed by atoms with E-state index in [1.54, 1.807) is 11.8 Å². The zero-order valence-corrected chi connectivity index (χ0v) is 11.9. The summed E-state index contributed by atoms with van der Waals surface area (Å²) in [6.07, 6.45) is -0.223. The van der Waals surface area contributed by atoms with E-state index in [-0.39, 0.29) is 18.9 Å². The maximum absolute atomic E-state index is 11.5. The fourth-order valence-corrected chi connectivity index (χ4v) is 2.37. The highest BCUT2D eigenvalue weighted by Crippen LogP contribution is 2.18. The number of aliphatic hydroxyl groups excluding tert-OH is 1. The summed E-state index contributed by atoms with van der Waals surface area (Å²) in [4.78, 5) is 23.0. The van der Waals surface area contributed by atoms with Crippen molar-refractivity contribution < 1.29 is 19.8 Å². The smallest absolute Gasteiger partial charge is 0.332 e. The van der Waals surface area contributed by atoms with Gasteiger partial charge in [-0.1, -0.05) is 18.2 Å². The monoisotopic (exact) mass is 297 g/mol. The molecule has 0 radical (unpaired) electrons. The number of carbonyl (C=O) groups excluding carboxylic acids is 1. The number of amides is 1. The van der Waals surface area contributed by atoms with Gasteiger partial charge in [-0.3, -0.25) is 4.79 Å². The van der Waals surface area contributed by atoms with E-state index in [0.29, 0.717) is 6.42 Å². The number of carboxylic acid groups (broad SMARTS) is 1. The predicted molar refractivity (Wildman–Crippen MR) is 77.7 cm³/mol. The van der Waals surface area contributed by atoms with Crippen LogP contribution in [0.3, 0.4) is 0 Å². The highest BCUT2D eigenvalue weighted by molar-refractivity contribution is 7.99. The summed E-state index contributed by atoms with van der Waals surface area (Å²) in [5.74, 6) is -0.524. The van der Waals surface area contributed by atoms with Crippen molar-refractivity contribution in [2.24, 2.45) is 0 Å². The van der Waals surface area contributed by atoms with Crippen LogP contribution in [0.15, 0.2) is 35.2 Å². The fraction of sp³-hybridized carbons (Fsp3) is 0.429. The molecule has 1 aromatic rings. The minimum absolute atomic E-state index is 0.0276. The summed E-state index contributed by atoms with van der Waals surface area (Å²) in [6, 6.07) is 9.96. The Labute approximate surface area is 122 Å². The number of hydrogen-bond acceptors (Lipinski definition) is 4. The first kappa shape index (κ1) is 16.5. The first-order valence-electron chi connectivity index (χ1n) is 6.45. The molecule has 0 aromatic heterocycles. The molecule has 0 saturated heterocycles. The zero-order chi connectivity index (χ0) is 14.8. The van der Waals surface area contributed by atoms with E-state index in [1.165, 1.54) is 4.90 Å². The topological polar surface area (TPSA) is 86.6 Å². The second-order valence-electron chi connectivity index (χ2n) is 4.26. The van der Waals surface area contributed by atoms with Gasteiger partial charge in [0.2, 0.25) is 5.91 Å². The van der Waals surface area contributed by atoms with E-state index in [9.17, 15) is 9.59 Å². The Morgan fingerprint density at radius 1 is 1.25 bits per heavy atom. The summed E-state index contributed by atoms with van der Waals surface area (Å²) in [6.45, 7) is 0.179. The Balaban J connectivity index is 2.04. The first-order chi connectivity index (χ1) is 9.59. The lowest BCUT2D eigenvalue weighted by Gasteiger charge is -2.07. The van der Waals surface area contributed by atoms with E-state index in [2.05, 4.69) is 5.32 Å². The molecule has 1 amide bonds. The van der Waals surface area contributed by atoms with E-state index in [0.717, 1.165) is 12.2 Å². The van der Waals surface area contributed by atoms with Crippen molar-refractivity contribution in [3.63, 3.8) is 0 Å². The number of aliphatic hydroxyl groups is 1. The lowest BCUT2D eigenvalue weighted by Crippen LogP contribution is -2.29. The number of hydrogen-bond donors (Lipinski definition) is 3. The second-order valence-corrected chi connectivity index (χ2v) is 5.43. The van der Waals surface area contributed by atoms with Gasteiger partial charge in [0.15, 0.2) is 6.10 Å². The highest BCUT2D eigenvalue weighted by Gasteiger charge is 2.12. The minimum atomic E-state index is -1.41. The molecule has 1 aromatic carbocycles. The number of carboxylic acids is 1. The Hall–Kier alpha value is -1.53. The van der Waals surface area contributed by atoms with Crippen LogP contribution in [0.1, 0.15) is 19.3 Å². The molecule has 0 bridgehead atoms. The SMILES string of the molecule is O=C(CCCSc1ccccc1)NCCC(O)C(=O)O. The molecule has 20 heavy (non-hydrogen) atoms. The van der Waals surface area contributed by atoms with Crippen molar-refractivity contribution in [1.82, 2.24) is 5.32 Å². The van der Waals surface area contributed by atoms with Crippen LogP contribution >= 0.6 is 11.8 Å². The van der Waals surface area contributed by atoms with Crippen molar-refractivity contribution in [3.8, 4) is 0 Å². The number of rotatable bonds is 9. The molecule has 0 spiro atoms. The van der Waals surface area contributed by atoms with Crippen LogP contribution in [-0.4, -0.2) is 40.5 Å². The van der Waals surface area contributed by atoms with Gasteiger partial charge >= 0.3 is 5.97 Å². The average Bonchev–Trinajstić information content (AvgIpc) is 2.44. The summed E-state index contributed by atoms with van der Waals surface area (Å²) < 4.78 is 0. The Morgan fingerprint density at radius 3 is 2.60 bits per heavy atom. The van der Waals surface area contributed by atoms with Crippen LogP contribution in [0.25, 0.3) is 0 Å². The molecule has 6 heteroatoms. The van der Waals surface area contributed by atoms with Gasteiger partial charge in [-0.05, 0) is 24.3 Å². The number of benzene rings is 1. The largest absolute Gasteiger partial charge is 0.479 e. The maximum atomic E-state index is 11.5. The van der Waals surface area contributed by atoms with E-state index >= 15 is 0 Å². The molecular weight excluding hydrogens is 278 g/mol. The lowest BCUT2D eigenvalue weighted by molar-refractivity contribution is -0.147. The van der Waals surface area contributed by atoms with Gasteiger partial charge in [0.1, 0.15) is 0 Å². The van der Waals surface area contributed by atoms with Crippen molar-refractivity contribution in [2.45, 2.75) is 30.3 Å². The molecule has 0 aliphatic heterocycles. The van der Waals surface area contributed by atoms with Crippen LogP contribution in [0.2, 0.25) is 0 Å². The fourth-order valence-electron chi connectivity index (χ4n) is 1.50. The van der Waals surface area contributed by atoms with Crippen molar-refractivity contribution in [3.05, 3.63) is 30.3 Å². The highest BCUT2D eigenvalue weighted by atomic mass is 32.2. The molecule has 0 aliphatic carbocycles. The molecule has 0 heterocycles. The standard InChI is InChI=1S/C14H19NO4S/c16-12(14(18)19)8-9-15-13(17)7-4-10-20-11-5-2-1-3-6-11/h1-3,5-6,12,16H,4,7-10H2,(H,15,17)(H,18,19). The third-order valence-electron chi connectivity index (χ3n) is 2.59. The van der Waals surface area contributed by atoms with E-state index < -0.39 is 12.1 Å². The Kier molecular flexibility index (Phi) is 7.75. The maximum Gasteiger partial charge on any atom is 0.332 e. The van der Waals surface area contributed by atoms with E-state index in [1.807, 2.05) is 30.3 Å². The molecular formula is C14H19NO4S. The minimum Gasteiger partial charge on any atom is -0.479 e. The van der Waals surface area contributed by atoms with E-state index in [4.69, 9.17) is 10.2 Å². The first-order valence-corrected chi connectivity index (χ1v) is 7.43. The summed E-state index contributed by atoms with van der Waals surface area (Å²) in [5, 5.41) is 20.1. The number of thioether (sulfide) groups is 1. The normalized spacial score (nSPS) is 11.8. The van der Waals surface area contributed by atoms with Crippen molar-refractivity contribution in [1.29, 1.82) is 0 Å². The molecule has 1 rings (SSSR count). The van der Waals surface area contributed by atoms with Crippen LogP contribution < -0.4 is 5.32 Å². The summed E-state index contributed by atoms with van der Waals surface area (Å²) >= 11 is 1.70. The van der Waals surface area contributed by atoms with Crippen LogP contribution in [-0.2, 0) is 9.59 Å². The third-order valence-corrected chi connectivity index (χ3v) is 3.68. The predicted octanol–water partition coefficient (Wildman–Crippen LogP) is 1.51. The van der Waals surface area contributed by atoms with Gasteiger partial charge < -0.3 is 15.5 Å². The summed E-state index contributed by atoms with van der Waals surface area (Å²) in [5.41, 5.74) is 0. The molecule has 1 unspecified atom stereocenters. The van der Waals surface area contributed by atoms with Crippen molar-refractivity contribution >= 4 is 23.6 Å². The van der Waals surface area contributed by atoms with Gasteiger partial charge in [0.25, 0.3) is 0 Å². The average molecular weight is 297 g/mol. The number of carbonyl (C=O) groups is 2. The van der Waals surface area contributed by atoms with Gasteiger partial charge in [-0.15, -0.1) is 11.8 Å². The third kappa shape index (κ3) is 7.16. The zero-order valence-electron chi connectivity index (χ0n) is 11.1. The Bertz CT molecular complexity index is 424. The summed E-state index contributed by atoms with van der Waals surface area (Å²) in [7, 11) is 0. The van der Waals surface area contributed by atoms with Gasteiger partial charge in [0, 0.05) is 24.3 Å². The van der Waals surface area contributed by atoms with Crippen molar-refractivity contribution in [2.75, 3.05) is 12.3 Å². The quantitative estimate of drug-likeness (QED) is 0.475. The van der Waals surface area contributed by atoms with Gasteiger partial charge in [0.05, 0.1) is 0 Å². The molecule has 0 saturated carbocycles. The second kappa shape index (κ2) is 9.39. The van der Waals surface area contributed by atoms with Gasteiger partial charge in [-0.25, -0.2) is 4.79 Å². The molecule has 1 atom stereocenters. The molecule has 0 aliphatic rings. The molecule has 0 fully saturated rings. The van der Waals surface area contributed by atoms with Crippen LogP contribution in [0.5, 0.6) is 0 Å².